The molecule has 2 aromatic rings. The van der Waals surface area contributed by atoms with Gasteiger partial charge in [-0.1, -0.05) is 30.3 Å². The Morgan fingerprint density at radius 2 is 1.92 bits per heavy atom. The van der Waals surface area contributed by atoms with Crippen LogP contribution in [0.2, 0.25) is 0 Å². The molecule has 0 aliphatic rings. The van der Waals surface area contributed by atoms with Crippen LogP contribution < -0.4 is 10.2 Å². The number of carbonyl (C=O) groups excluding carboxylic acids is 1. The zero-order chi connectivity index (χ0) is 17.7. The topological polar surface area (TPSA) is 76.7 Å². The van der Waals surface area contributed by atoms with Crippen molar-refractivity contribution in [3.8, 4) is 0 Å². The number of benzene rings is 2. The number of amides is 1. The zero-order valence-electron chi connectivity index (χ0n) is 13.5. The number of hydrogen-bond donors (Lipinski definition) is 2. The summed E-state index contributed by atoms with van der Waals surface area (Å²) in [5.41, 5.74) is 1.13. The first-order valence-corrected chi connectivity index (χ1v) is 8.26. The lowest BCUT2D eigenvalue weighted by Crippen LogP contribution is -3.06. The van der Waals surface area contributed by atoms with Gasteiger partial charge in [-0.15, -0.1) is 0 Å². The molecule has 2 aromatic carbocycles. The van der Waals surface area contributed by atoms with Crippen molar-refractivity contribution in [2.24, 2.45) is 0 Å². The molecule has 0 aliphatic carbocycles. The third-order valence-electron chi connectivity index (χ3n) is 3.52. The van der Waals surface area contributed by atoms with Crippen LogP contribution in [-0.2, 0) is 0 Å². The quantitative estimate of drug-likeness (QED) is 0.582. The minimum absolute atomic E-state index is 0.128. The molecule has 126 valence electrons. The number of carbonyl (C=O) groups is 1. The smallest absolute Gasteiger partial charge is 0.284 e. The first-order chi connectivity index (χ1) is 11.4. The van der Waals surface area contributed by atoms with Crippen LogP contribution in [0.25, 0.3) is 0 Å². The predicted octanol–water partition coefficient (Wildman–Crippen LogP) is 1.97. The molecular formula is C17H19BrN3O3+. The first-order valence-electron chi connectivity index (χ1n) is 7.47. The van der Waals surface area contributed by atoms with E-state index >= 15 is 0 Å². The van der Waals surface area contributed by atoms with Gasteiger partial charge in [0, 0.05) is 11.6 Å². The fourth-order valence-corrected chi connectivity index (χ4v) is 2.77. The summed E-state index contributed by atoms with van der Waals surface area (Å²) in [4.78, 5) is 24.2. The van der Waals surface area contributed by atoms with Crippen LogP contribution in [0.5, 0.6) is 0 Å². The molecule has 6 nitrogen and oxygen atoms in total. The average molecular weight is 393 g/mol. The Kier molecular flexibility index (Phi) is 6.05. The Morgan fingerprint density at radius 1 is 1.25 bits per heavy atom. The summed E-state index contributed by atoms with van der Waals surface area (Å²) in [6, 6.07) is 13.9. The van der Waals surface area contributed by atoms with Crippen LogP contribution in [0, 0.1) is 10.1 Å². The molecule has 7 heteroatoms. The summed E-state index contributed by atoms with van der Waals surface area (Å²) in [6.45, 7) is 0.703. The summed E-state index contributed by atoms with van der Waals surface area (Å²) in [6.07, 6.45) is 0. The van der Waals surface area contributed by atoms with E-state index in [0.29, 0.717) is 11.0 Å². The van der Waals surface area contributed by atoms with Gasteiger partial charge in [0.25, 0.3) is 11.6 Å². The van der Waals surface area contributed by atoms with E-state index in [1.165, 1.54) is 17.0 Å². The third kappa shape index (κ3) is 4.62. The molecule has 0 aliphatic heterocycles. The molecular weight excluding hydrogens is 374 g/mol. The van der Waals surface area contributed by atoms with Crippen LogP contribution >= 0.6 is 15.9 Å². The van der Waals surface area contributed by atoms with Gasteiger partial charge in [-0.2, -0.15) is 0 Å². The number of quaternary nitrogens is 1. The number of nitrogens with zero attached hydrogens (tertiary/aromatic N) is 1. The number of halogens is 1. The summed E-state index contributed by atoms with van der Waals surface area (Å²) >= 11 is 3.12. The van der Waals surface area contributed by atoms with Gasteiger partial charge in [0.15, 0.2) is 0 Å². The summed E-state index contributed by atoms with van der Waals surface area (Å²) in [5, 5.41) is 14.0. The lowest BCUT2D eigenvalue weighted by atomic mass is 10.1. The number of likely N-dealkylation sites (N-methyl/N-ethyl adjacent to an activating group) is 1. The van der Waals surface area contributed by atoms with Crippen LogP contribution in [0.3, 0.4) is 0 Å². The number of nitrogens with one attached hydrogen (secondary N) is 2. The summed E-state index contributed by atoms with van der Waals surface area (Å²) < 4.78 is 0.349. The van der Waals surface area contributed by atoms with E-state index in [2.05, 4.69) is 21.2 Å². The van der Waals surface area contributed by atoms with Gasteiger partial charge in [0.2, 0.25) is 0 Å². The van der Waals surface area contributed by atoms with E-state index in [9.17, 15) is 14.9 Å². The van der Waals surface area contributed by atoms with E-state index in [1.54, 1.807) is 6.07 Å². The Labute approximate surface area is 148 Å². The van der Waals surface area contributed by atoms with Crippen molar-refractivity contribution in [2.45, 2.75) is 6.04 Å². The van der Waals surface area contributed by atoms with Crippen molar-refractivity contribution in [3.05, 3.63) is 74.2 Å². The SMILES string of the molecule is C[NH+](C)C[C@@H](NC(=O)c1ccc(Br)c([N+](=O)[O-])c1)c1ccccc1. The molecule has 24 heavy (non-hydrogen) atoms. The monoisotopic (exact) mass is 392 g/mol. The van der Waals surface area contributed by atoms with Crippen molar-refractivity contribution in [2.75, 3.05) is 20.6 Å². The minimum Gasteiger partial charge on any atom is -0.340 e. The molecule has 1 amide bonds. The second kappa shape index (κ2) is 8.03. The van der Waals surface area contributed by atoms with Gasteiger partial charge in [0.05, 0.1) is 23.5 Å². The zero-order valence-corrected chi connectivity index (χ0v) is 15.0. The van der Waals surface area contributed by atoms with Gasteiger partial charge in [-0.05, 0) is 33.6 Å². The molecule has 0 spiro atoms. The molecule has 0 aromatic heterocycles. The number of rotatable bonds is 6. The highest BCUT2D eigenvalue weighted by Gasteiger charge is 2.21. The molecule has 0 unspecified atom stereocenters. The Morgan fingerprint density at radius 3 is 2.50 bits per heavy atom. The first kappa shape index (κ1) is 18.1. The molecule has 0 radical (unpaired) electrons. The third-order valence-corrected chi connectivity index (χ3v) is 4.20. The minimum atomic E-state index is -0.514. The molecule has 2 N–H and O–H groups in total. The lowest BCUT2D eigenvalue weighted by molar-refractivity contribution is -0.860. The van der Waals surface area contributed by atoms with Crippen molar-refractivity contribution >= 4 is 27.5 Å². The van der Waals surface area contributed by atoms with E-state index in [-0.39, 0.29) is 23.2 Å². The van der Waals surface area contributed by atoms with Gasteiger partial charge in [-0.25, -0.2) is 0 Å². The predicted molar refractivity (Wildman–Crippen MR) is 95.1 cm³/mol. The number of nitro benzene ring substituents is 1. The van der Waals surface area contributed by atoms with Crippen molar-refractivity contribution in [1.82, 2.24) is 5.32 Å². The van der Waals surface area contributed by atoms with Crippen LogP contribution in [0.1, 0.15) is 22.0 Å². The standard InChI is InChI=1S/C17H18BrN3O3/c1-20(2)11-15(12-6-4-3-5-7-12)19-17(22)13-8-9-14(18)16(10-13)21(23)24/h3-10,15H,11H2,1-2H3,(H,19,22)/p+1/t15-/m1/s1. The van der Waals surface area contributed by atoms with E-state index < -0.39 is 4.92 Å². The highest BCUT2D eigenvalue weighted by Crippen LogP contribution is 2.25. The molecule has 0 bridgehead atoms. The molecule has 2 rings (SSSR count). The second-order valence-electron chi connectivity index (χ2n) is 5.77. The molecule has 1 atom stereocenters. The summed E-state index contributed by atoms with van der Waals surface area (Å²) in [5.74, 6) is -0.333. The molecule has 0 fully saturated rings. The summed E-state index contributed by atoms with van der Waals surface area (Å²) in [7, 11) is 4.01. The maximum atomic E-state index is 12.5. The van der Waals surface area contributed by atoms with E-state index in [4.69, 9.17) is 0 Å². The van der Waals surface area contributed by atoms with Crippen LogP contribution in [-0.4, -0.2) is 31.5 Å². The fourth-order valence-electron chi connectivity index (χ4n) is 2.38. The van der Waals surface area contributed by atoms with Gasteiger partial charge < -0.3 is 10.2 Å². The molecule has 0 saturated carbocycles. The Hall–Kier alpha value is -2.25. The normalized spacial score (nSPS) is 12.0. The largest absolute Gasteiger partial charge is 0.340 e. The van der Waals surface area contributed by atoms with Crippen LogP contribution in [0.4, 0.5) is 5.69 Å². The van der Waals surface area contributed by atoms with Gasteiger partial charge >= 0.3 is 0 Å². The van der Waals surface area contributed by atoms with Crippen molar-refractivity contribution in [3.63, 3.8) is 0 Å². The van der Waals surface area contributed by atoms with Crippen molar-refractivity contribution < 1.29 is 14.6 Å². The Bertz CT molecular complexity index is 735. The number of hydrogen-bond acceptors (Lipinski definition) is 3. The Balaban J connectivity index is 2.25. The average Bonchev–Trinajstić information content (AvgIpc) is 2.54. The fraction of sp³-hybridized carbons (Fsp3) is 0.235. The van der Waals surface area contributed by atoms with E-state index in [0.717, 1.165) is 5.56 Å². The van der Waals surface area contributed by atoms with Crippen LogP contribution in [0.15, 0.2) is 53.0 Å². The van der Waals surface area contributed by atoms with Gasteiger partial charge in [0.1, 0.15) is 12.6 Å². The molecule has 0 saturated heterocycles. The molecule has 0 heterocycles. The highest BCUT2D eigenvalue weighted by atomic mass is 79.9. The van der Waals surface area contributed by atoms with E-state index in [1.807, 2.05) is 44.4 Å². The number of nitro groups is 1. The maximum absolute atomic E-state index is 12.5. The maximum Gasteiger partial charge on any atom is 0.284 e. The van der Waals surface area contributed by atoms with Crippen molar-refractivity contribution in [1.29, 1.82) is 0 Å². The highest BCUT2D eigenvalue weighted by molar-refractivity contribution is 9.10. The lowest BCUT2D eigenvalue weighted by Gasteiger charge is -2.21. The van der Waals surface area contributed by atoms with Gasteiger partial charge in [-0.3, -0.25) is 14.9 Å². The second-order valence-corrected chi connectivity index (χ2v) is 6.63.